The summed E-state index contributed by atoms with van der Waals surface area (Å²) in [6, 6.07) is 0. The molecule has 2 unspecified atom stereocenters. The van der Waals surface area contributed by atoms with E-state index in [1.165, 1.54) is 0 Å². The highest BCUT2D eigenvalue weighted by Crippen LogP contribution is 2.19. The van der Waals surface area contributed by atoms with Crippen LogP contribution in [0.2, 0.25) is 0 Å². The Balaban J connectivity index is 2.28. The molecule has 0 bridgehead atoms. The lowest BCUT2D eigenvalue weighted by Gasteiger charge is -2.13. The maximum atomic E-state index is 12.7. The van der Waals surface area contributed by atoms with Gasteiger partial charge in [-0.25, -0.2) is 4.39 Å². The summed E-state index contributed by atoms with van der Waals surface area (Å²) in [7, 11) is 0. The summed E-state index contributed by atoms with van der Waals surface area (Å²) in [4.78, 5) is 0. The Hall–Kier alpha value is -0.110. The largest absolute Gasteiger partial charge is 0.317 e. The standard InChI is InChI=1S/C8H16FN/c1-7(9)8-3-2-5-10-6-4-8/h7-8,10H,2-6H2,1H3. The lowest BCUT2D eigenvalue weighted by atomic mass is 9.97. The van der Waals surface area contributed by atoms with Crippen LogP contribution in [-0.2, 0) is 0 Å². The van der Waals surface area contributed by atoms with Gasteiger partial charge in [0.25, 0.3) is 0 Å². The van der Waals surface area contributed by atoms with Gasteiger partial charge in [-0.05, 0) is 45.2 Å². The first-order chi connectivity index (χ1) is 4.80. The normalized spacial score (nSPS) is 31.2. The highest BCUT2D eigenvalue weighted by molar-refractivity contribution is 4.70. The van der Waals surface area contributed by atoms with Gasteiger partial charge in [0.05, 0.1) is 0 Å². The van der Waals surface area contributed by atoms with Gasteiger partial charge in [-0.3, -0.25) is 0 Å². The Bertz CT molecular complexity index is 85.3. The monoisotopic (exact) mass is 145 g/mol. The van der Waals surface area contributed by atoms with Crippen molar-refractivity contribution in [2.24, 2.45) is 5.92 Å². The van der Waals surface area contributed by atoms with E-state index in [0.29, 0.717) is 5.92 Å². The van der Waals surface area contributed by atoms with Gasteiger partial charge in [0.1, 0.15) is 6.17 Å². The first-order valence-corrected chi connectivity index (χ1v) is 4.15. The molecule has 60 valence electrons. The molecule has 0 aliphatic carbocycles. The van der Waals surface area contributed by atoms with E-state index in [1.54, 1.807) is 6.92 Å². The van der Waals surface area contributed by atoms with Gasteiger partial charge in [0.15, 0.2) is 0 Å². The second-order valence-corrected chi connectivity index (χ2v) is 3.12. The van der Waals surface area contributed by atoms with Crippen molar-refractivity contribution in [3.8, 4) is 0 Å². The molecule has 0 aromatic heterocycles. The van der Waals surface area contributed by atoms with Crippen LogP contribution in [0.25, 0.3) is 0 Å². The molecular formula is C8H16FN. The minimum absolute atomic E-state index is 0.315. The van der Waals surface area contributed by atoms with Crippen molar-refractivity contribution < 1.29 is 4.39 Å². The van der Waals surface area contributed by atoms with Crippen molar-refractivity contribution in [1.29, 1.82) is 0 Å². The quantitative estimate of drug-likeness (QED) is 0.592. The van der Waals surface area contributed by atoms with E-state index in [9.17, 15) is 4.39 Å². The minimum Gasteiger partial charge on any atom is -0.317 e. The smallest absolute Gasteiger partial charge is 0.100 e. The highest BCUT2D eigenvalue weighted by atomic mass is 19.1. The van der Waals surface area contributed by atoms with Crippen LogP contribution < -0.4 is 5.32 Å². The molecule has 10 heavy (non-hydrogen) atoms. The third-order valence-corrected chi connectivity index (χ3v) is 2.27. The molecule has 1 aliphatic heterocycles. The predicted octanol–water partition coefficient (Wildman–Crippen LogP) is 1.73. The average Bonchev–Trinajstić information content (AvgIpc) is 2.12. The van der Waals surface area contributed by atoms with Gasteiger partial charge in [-0.2, -0.15) is 0 Å². The second kappa shape index (κ2) is 3.91. The fourth-order valence-electron chi connectivity index (χ4n) is 1.51. The summed E-state index contributed by atoms with van der Waals surface area (Å²) in [5, 5.41) is 3.27. The van der Waals surface area contributed by atoms with E-state index in [-0.39, 0.29) is 0 Å². The van der Waals surface area contributed by atoms with Crippen molar-refractivity contribution in [3.63, 3.8) is 0 Å². The number of hydrogen-bond acceptors (Lipinski definition) is 1. The molecule has 0 spiro atoms. The SMILES string of the molecule is CC(F)C1CCCNCC1. The van der Waals surface area contributed by atoms with Gasteiger partial charge in [0.2, 0.25) is 0 Å². The summed E-state index contributed by atoms with van der Waals surface area (Å²) in [5.41, 5.74) is 0. The Morgan fingerprint density at radius 2 is 2.20 bits per heavy atom. The molecule has 1 rings (SSSR count). The Morgan fingerprint density at radius 3 is 2.90 bits per heavy atom. The van der Waals surface area contributed by atoms with E-state index >= 15 is 0 Å². The van der Waals surface area contributed by atoms with Gasteiger partial charge >= 0.3 is 0 Å². The van der Waals surface area contributed by atoms with E-state index in [4.69, 9.17) is 0 Å². The van der Waals surface area contributed by atoms with Gasteiger partial charge in [0, 0.05) is 0 Å². The predicted molar refractivity (Wildman–Crippen MR) is 40.8 cm³/mol. The van der Waals surface area contributed by atoms with Crippen molar-refractivity contribution >= 4 is 0 Å². The molecule has 1 N–H and O–H groups in total. The summed E-state index contributed by atoms with van der Waals surface area (Å²) in [6.07, 6.45) is 2.60. The molecule has 1 saturated heterocycles. The van der Waals surface area contributed by atoms with Crippen LogP contribution in [-0.4, -0.2) is 19.3 Å². The van der Waals surface area contributed by atoms with Gasteiger partial charge in [-0.15, -0.1) is 0 Å². The summed E-state index contributed by atoms with van der Waals surface area (Å²) >= 11 is 0. The maximum absolute atomic E-state index is 12.7. The highest BCUT2D eigenvalue weighted by Gasteiger charge is 2.17. The number of alkyl halides is 1. The Kier molecular flexibility index (Phi) is 3.13. The number of halogens is 1. The number of rotatable bonds is 1. The van der Waals surface area contributed by atoms with Crippen molar-refractivity contribution in [2.75, 3.05) is 13.1 Å². The van der Waals surface area contributed by atoms with Crippen molar-refractivity contribution in [2.45, 2.75) is 32.4 Å². The molecule has 2 atom stereocenters. The van der Waals surface area contributed by atoms with Crippen LogP contribution in [0, 0.1) is 5.92 Å². The van der Waals surface area contributed by atoms with E-state index < -0.39 is 6.17 Å². The lowest BCUT2D eigenvalue weighted by molar-refractivity contribution is 0.232. The van der Waals surface area contributed by atoms with E-state index in [1.807, 2.05) is 0 Å². The molecular weight excluding hydrogens is 129 g/mol. The Labute approximate surface area is 62.0 Å². The molecule has 1 heterocycles. The number of hydrogen-bond donors (Lipinski definition) is 1. The molecule has 1 aliphatic rings. The molecule has 0 amide bonds. The molecule has 0 aromatic carbocycles. The van der Waals surface area contributed by atoms with E-state index in [2.05, 4.69) is 5.32 Å². The van der Waals surface area contributed by atoms with Crippen LogP contribution in [0.4, 0.5) is 4.39 Å². The van der Waals surface area contributed by atoms with Crippen LogP contribution >= 0.6 is 0 Å². The van der Waals surface area contributed by atoms with Crippen LogP contribution in [0.1, 0.15) is 26.2 Å². The second-order valence-electron chi connectivity index (χ2n) is 3.12. The fraction of sp³-hybridized carbons (Fsp3) is 1.00. The average molecular weight is 145 g/mol. The Morgan fingerprint density at radius 1 is 1.40 bits per heavy atom. The summed E-state index contributed by atoms with van der Waals surface area (Å²) < 4.78 is 12.7. The lowest BCUT2D eigenvalue weighted by Crippen LogP contribution is -2.16. The molecule has 0 aromatic rings. The van der Waals surface area contributed by atoms with Gasteiger partial charge in [-0.1, -0.05) is 0 Å². The molecule has 2 heteroatoms. The molecule has 0 radical (unpaired) electrons. The first-order valence-electron chi connectivity index (χ1n) is 4.15. The number of nitrogens with one attached hydrogen (secondary N) is 1. The zero-order valence-electron chi connectivity index (χ0n) is 6.57. The molecule has 0 saturated carbocycles. The van der Waals surface area contributed by atoms with E-state index in [0.717, 1.165) is 32.4 Å². The molecule has 1 fully saturated rings. The summed E-state index contributed by atoms with van der Waals surface area (Å²) in [6.45, 7) is 3.75. The fourth-order valence-corrected chi connectivity index (χ4v) is 1.51. The van der Waals surface area contributed by atoms with Crippen LogP contribution in [0.15, 0.2) is 0 Å². The van der Waals surface area contributed by atoms with Crippen molar-refractivity contribution in [1.82, 2.24) is 5.32 Å². The molecule has 1 nitrogen and oxygen atoms in total. The first kappa shape index (κ1) is 7.99. The third kappa shape index (κ3) is 2.25. The minimum atomic E-state index is -0.611. The van der Waals surface area contributed by atoms with Crippen LogP contribution in [0.3, 0.4) is 0 Å². The zero-order chi connectivity index (χ0) is 7.40. The topological polar surface area (TPSA) is 12.0 Å². The van der Waals surface area contributed by atoms with Crippen LogP contribution in [0.5, 0.6) is 0 Å². The zero-order valence-corrected chi connectivity index (χ0v) is 6.57. The van der Waals surface area contributed by atoms with Crippen molar-refractivity contribution in [3.05, 3.63) is 0 Å². The third-order valence-electron chi connectivity index (χ3n) is 2.27. The summed E-state index contributed by atoms with van der Waals surface area (Å²) in [5.74, 6) is 0.315. The van der Waals surface area contributed by atoms with Gasteiger partial charge < -0.3 is 5.32 Å². The maximum Gasteiger partial charge on any atom is 0.100 e.